The molecule has 0 spiro atoms. The lowest BCUT2D eigenvalue weighted by Crippen LogP contribution is -2.07. The Balaban J connectivity index is 3.52. The molecule has 29 heavy (non-hydrogen) atoms. The molecule has 0 aromatic carbocycles. The molecule has 0 radical (unpaired) electrons. The molecule has 0 unspecified atom stereocenters. The third-order valence-electron chi connectivity index (χ3n) is 3.19. The number of phosphoric ester groups is 1. The van der Waals surface area contributed by atoms with E-state index in [2.05, 4.69) is 0 Å². The predicted octanol–water partition coefficient (Wildman–Crippen LogP) is 5.22. The second kappa shape index (κ2) is 12.3. The fourth-order valence-corrected chi connectivity index (χ4v) is 5.01. The standard InChI is InChI=1S/C17H28O10P2/c1-6-22-17(18)15-12-21-11-14(15)16(28(19,23-7-2)24-8-3)13-27-29(20,25-9-4)26-10-5/h11-13H,6-10H2,1-5H3. The number of rotatable bonds is 14. The number of furan rings is 1. The van der Waals surface area contributed by atoms with Crippen molar-refractivity contribution in [3.63, 3.8) is 0 Å². The lowest BCUT2D eigenvalue weighted by Gasteiger charge is -2.21. The highest BCUT2D eigenvalue weighted by atomic mass is 31.2. The second-order valence-electron chi connectivity index (χ2n) is 5.14. The highest BCUT2D eigenvalue weighted by Gasteiger charge is 2.37. The molecule has 0 saturated heterocycles. The van der Waals surface area contributed by atoms with Crippen LogP contribution in [0.15, 0.2) is 23.2 Å². The summed E-state index contributed by atoms with van der Waals surface area (Å²) < 4.78 is 62.3. The van der Waals surface area contributed by atoms with Crippen LogP contribution in [0.2, 0.25) is 0 Å². The summed E-state index contributed by atoms with van der Waals surface area (Å²) in [5.74, 6) is -0.709. The first-order valence-electron chi connectivity index (χ1n) is 9.21. The van der Waals surface area contributed by atoms with Gasteiger partial charge in [0.1, 0.15) is 23.4 Å². The molecular formula is C17H28O10P2. The Morgan fingerprint density at radius 2 is 1.38 bits per heavy atom. The van der Waals surface area contributed by atoms with Crippen molar-refractivity contribution in [3.05, 3.63) is 29.9 Å². The molecular weight excluding hydrogens is 426 g/mol. The van der Waals surface area contributed by atoms with Crippen LogP contribution < -0.4 is 0 Å². The normalized spacial score (nSPS) is 12.8. The summed E-state index contributed by atoms with van der Waals surface area (Å²) in [6.07, 6.45) is 3.19. The van der Waals surface area contributed by atoms with Crippen LogP contribution in [0.5, 0.6) is 0 Å². The van der Waals surface area contributed by atoms with E-state index in [1.165, 1.54) is 6.26 Å². The smallest absolute Gasteiger partial charge is 0.471 e. The molecule has 1 aromatic heterocycles. The van der Waals surface area contributed by atoms with Crippen molar-refractivity contribution >= 4 is 26.7 Å². The van der Waals surface area contributed by atoms with Gasteiger partial charge >= 0.3 is 21.4 Å². The minimum atomic E-state index is -3.99. The molecule has 166 valence electrons. The van der Waals surface area contributed by atoms with Crippen LogP contribution in [0.3, 0.4) is 0 Å². The van der Waals surface area contributed by atoms with E-state index < -0.39 is 21.4 Å². The van der Waals surface area contributed by atoms with Gasteiger partial charge in [-0.1, -0.05) is 0 Å². The van der Waals surface area contributed by atoms with Gasteiger partial charge in [-0.3, -0.25) is 13.6 Å². The van der Waals surface area contributed by atoms with Crippen molar-refractivity contribution in [1.29, 1.82) is 0 Å². The van der Waals surface area contributed by atoms with E-state index in [-0.39, 0.29) is 49.5 Å². The maximum Gasteiger partial charge on any atom is 0.529 e. The minimum Gasteiger partial charge on any atom is -0.471 e. The van der Waals surface area contributed by atoms with E-state index in [9.17, 15) is 13.9 Å². The first kappa shape index (κ1) is 25.6. The molecule has 1 heterocycles. The van der Waals surface area contributed by atoms with Gasteiger partial charge in [-0.25, -0.2) is 9.36 Å². The summed E-state index contributed by atoms with van der Waals surface area (Å²) in [6.45, 7) is 8.41. The van der Waals surface area contributed by atoms with Crippen molar-refractivity contribution in [2.45, 2.75) is 34.6 Å². The van der Waals surface area contributed by atoms with E-state index in [1.807, 2.05) is 0 Å². The monoisotopic (exact) mass is 454 g/mol. The summed E-state index contributed by atoms with van der Waals surface area (Å²) in [7, 11) is -7.98. The summed E-state index contributed by atoms with van der Waals surface area (Å²) in [4.78, 5) is 12.3. The van der Waals surface area contributed by atoms with Crippen LogP contribution in [-0.2, 0) is 36.5 Å². The van der Waals surface area contributed by atoms with Crippen molar-refractivity contribution in [3.8, 4) is 0 Å². The number of ether oxygens (including phenoxy) is 1. The zero-order chi connectivity index (χ0) is 21.9. The fourth-order valence-electron chi connectivity index (χ4n) is 2.18. The third kappa shape index (κ3) is 7.10. The summed E-state index contributed by atoms with van der Waals surface area (Å²) in [5, 5.41) is -0.183. The maximum absolute atomic E-state index is 13.4. The molecule has 0 amide bonds. The Labute approximate surface area is 170 Å². The number of carbonyl (C=O) groups is 1. The molecule has 0 bridgehead atoms. The van der Waals surface area contributed by atoms with E-state index in [1.54, 1.807) is 34.6 Å². The maximum atomic E-state index is 13.4. The molecule has 0 atom stereocenters. The number of carbonyl (C=O) groups excluding carboxylic acids is 1. The Morgan fingerprint density at radius 3 is 1.86 bits per heavy atom. The Kier molecular flexibility index (Phi) is 10.9. The molecule has 12 heteroatoms. The third-order valence-corrected chi connectivity index (χ3v) is 6.84. The van der Waals surface area contributed by atoms with Crippen molar-refractivity contribution in [1.82, 2.24) is 0 Å². The topological polar surface area (TPSA) is 120 Å². The van der Waals surface area contributed by atoms with Crippen LogP contribution >= 0.6 is 15.4 Å². The number of hydrogen-bond acceptors (Lipinski definition) is 10. The highest BCUT2D eigenvalue weighted by molar-refractivity contribution is 7.65. The van der Waals surface area contributed by atoms with E-state index >= 15 is 0 Å². The van der Waals surface area contributed by atoms with Crippen LogP contribution in [0.25, 0.3) is 5.31 Å². The van der Waals surface area contributed by atoms with Gasteiger partial charge in [0, 0.05) is 5.56 Å². The molecule has 0 aliphatic heterocycles. The van der Waals surface area contributed by atoms with Gasteiger partial charge in [0.05, 0.1) is 39.3 Å². The Bertz CT molecular complexity index is 750. The van der Waals surface area contributed by atoms with Crippen LogP contribution in [0.4, 0.5) is 0 Å². The van der Waals surface area contributed by atoms with E-state index in [0.717, 1.165) is 12.5 Å². The SMILES string of the molecule is CCOC(=O)c1cocc1C(=COP(=O)(OCC)OCC)P(=O)(OCC)OCC. The van der Waals surface area contributed by atoms with Crippen LogP contribution in [0, 0.1) is 0 Å². The zero-order valence-electron chi connectivity index (χ0n) is 17.2. The summed E-state index contributed by atoms with van der Waals surface area (Å²) in [5.41, 5.74) is 0.0252. The molecule has 1 aromatic rings. The summed E-state index contributed by atoms with van der Waals surface area (Å²) in [6, 6.07) is 0. The molecule has 10 nitrogen and oxygen atoms in total. The Morgan fingerprint density at radius 1 is 0.862 bits per heavy atom. The zero-order valence-corrected chi connectivity index (χ0v) is 19.0. The molecule has 0 aliphatic carbocycles. The van der Waals surface area contributed by atoms with Crippen molar-refractivity contribution < 1.29 is 45.7 Å². The minimum absolute atomic E-state index is 0.0241. The van der Waals surface area contributed by atoms with Crippen LogP contribution in [-0.4, -0.2) is 39.0 Å². The summed E-state index contributed by atoms with van der Waals surface area (Å²) >= 11 is 0. The number of hydrogen-bond donors (Lipinski definition) is 0. The van der Waals surface area contributed by atoms with Crippen molar-refractivity contribution in [2.24, 2.45) is 0 Å². The number of phosphoric acid groups is 1. The Hall–Kier alpha value is -1.41. The molecule has 1 rings (SSSR count). The van der Waals surface area contributed by atoms with Gasteiger partial charge in [0.15, 0.2) is 0 Å². The lowest BCUT2D eigenvalue weighted by atomic mass is 10.2. The lowest BCUT2D eigenvalue weighted by molar-refractivity contribution is 0.0525. The average Bonchev–Trinajstić information content (AvgIpc) is 3.12. The number of esters is 1. The fraction of sp³-hybridized carbons (Fsp3) is 0.588. The first-order valence-corrected chi connectivity index (χ1v) is 12.2. The average molecular weight is 454 g/mol. The second-order valence-corrected chi connectivity index (χ2v) is 8.76. The van der Waals surface area contributed by atoms with Gasteiger partial charge in [-0.15, -0.1) is 0 Å². The molecule has 0 aliphatic rings. The van der Waals surface area contributed by atoms with Crippen molar-refractivity contribution in [2.75, 3.05) is 33.0 Å². The van der Waals surface area contributed by atoms with E-state index in [0.29, 0.717) is 0 Å². The van der Waals surface area contributed by atoms with E-state index in [4.69, 9.17) is 31.8 Å². The highest BCUT2D eigenvalue weighted by Crippen LogP contribution is 2.62. The van der Waals surface area contributed by atoms with Crippen LogP contribution in [0.1, 0.15) is 50.5 Å². The predicted molar refractivity (Wildman–Crippen MR) is 105 cm³/mol. The van der Waals surface area contributed by atoms with Gasteiger partial charge in [-0.05, 0) is 34.6 Å². The quantitative estimate of drug-likeness (QED) is 0.210. The molecule has 0 N–H and O–H groups in total. The molecule has 0 saturated carbocycles. The van der Waals surface area contributed by atoms with Gasteiger partial charge < -0.3 is 22.7 Å². The first-order chi connectivity index (χ1) is 13.8. The van der Waals surface area contributed by atoms with Gasteiger partial charge in [-0.2, -0.15) is 0 Å². The molecule has 0 fully saturated rings. The van der Waals surface area contributed by atoms with Gasteiger partial charge in [0.2, 0.25) is 0 Å². The van der Waals surface area contributed by atoms with Gasteiger partial charge in [0.25, 0.3) is 0 Å². The largest absolute Gasteiger partial charge is 0.529 e.